The van der Waals surface area contributed by atoms with Gasteiger partial charge in [0.2, 0.25) is 0 Å². The molecule has 0 aliphatic carbocycles. The maximum Gasteiger partial charge on any atom is 0.308 e. The predicted octanol–water partition coefficient (Wildman–Crippen LogP) is -0.0858. The lowest BCUT2D eigenvalue weighted by atomic mass is 10.3. The van der Waals surface area contributed by atoms with Gasteiger partial charge in [0.05, 0.1) is 25.9 Å². The fourth-order valence-electron chi connectivity index (χ4n) is 0.650. The van der Waals surface area contributed by atoms with Crippen LogP contribution in [0.15, 0.2) is 0 Å². The molecule has 0 amide bonds. The van der Waals surface area contributed by atoms with Crippen LogP contribution in [-0.2, 0) is 23.8 Å². The molecule has 0 aliphatic rings. The summed E-state index contributed by atoms with van der Waals surface area (Å²) in [5.41, 5.74) is 0. The zero-order valence-electron chi connectivity index (χ0n) is 7.23. The quantitative estimate of drug-likeness (QED) is 0.464. The lowest BCUT2D eigenvalue weighted by molar-refractivity contribution is -0.142. The van der Waals surface area contributed by atoms with Crippen LogP contribution in [-0.4, -0.2) is 33.9 Å². The van der Waals surface area contributed by atoms with Crippen LogP contribution in [0.2, 0.25) is 0 Å². The van der Waals surface area contributed by atoms with Crippen molar-refractivity contribution in [3.8, 4) is 0 Å². The summed E-state index contributed by atoms with van der Waals surface area (Å²) in [5.74, 6) is -0.494. The molecule has 5 nitrogen and oxygen atoms in total. The van der Waals surface area contributed by atoms with Gasteiger partial charge in [0.15, 0.2) is 0 Å². The molecule has 0 aromatic heterocycles. The van der Waals surface area contributed by atoms with E-state index in [-0.39, 0.29) is 6.42 Å². The highest BCUT2D eigenvalue weighted by atomic mass is 32.2. The Morgan fingerprint density at radius 2 is 2.00 bits per heavy atom. The molecule has 0 unspecified atom stereocenters. The first-order valence-electron chi connectivity index (χ1n) is 3.30. The molecule has 0 saturated heterocycles. The third kappa shape index (κ3) is 6.11. The van der Waals surface area contributed by atoms with Crippen LogP contribution in [0.1, 0.15) is 13.3 Å². The lowest BCUT2D eigenvalue weighted by Crippen LogP contribution is -2.18. The van der Waals surface area contributed by atoms with E-state index in [2.05, 4.69) is 8.92 Å². The summed E-state index contributed by atoms with van der Waals surface area (Å²) in [6.07, 6.45) is 0.192. The monoisotopic (exact) mass is 196 g/mol. The van der Waals surface area contributed by atoms with Crippen molar-refractivity contribution in [2.24, 2.45) is 0 Å². The van der Waals surface area contributed by atoms with Gasteiger partial charge in [-0.15, -0.1) is 0 Å². The van der Waals surface area contributed by atoms with E-state index >= 15 is 0 Å². The minimum atomic E-state index is -3.48. The highest BCUT2D eigenvalue weighted by Gasteiger charge is 2.14. The van der Waals surface area contributed by atoms with Crippen LogP contribution in [0.3, 0.4) is 0 Å². The Balaban J connectivity index is 3.91. The Bertz CT molecular complexity index is 243. The van der Waals surface area contributed by atoms with Crippen LogP contribution in [0, 0.1) is 0 Å². The first kappa shape index (κ1) is 11.4. The number of carbonyl (C=O) groups excluding carboxylic acids is 1. The third-order valence-corrected chi connectivity index (χ3v) is 1.70. The Hall–Kier alpha value is -0.620. The average molecular weight is 196 g/mol. The van der Waals surface area contributed by atoms with E-state index in [4.69, 9.17) is 0 Å². The van der Waals surface area contributed by atoms with E-state index in [0.29, 0.717) is 0 Å². The summed E-state index contributed by atoms with van der Waals surface area (Å²) >= 11 is 0. The second kappa shape index (κ2) is 4.42. The van der Waals surface area contributed by atoms with E-state index in [0.717, 1.165) is 6.26 Å². The van der Waals surface area contributed by atoms with Gasteiger partial charge in [0, 0.05) is 0 Å². The molecule has 0 aromatic carbocycles. The predicted molar refractivity (Wildman–Crippen MR) is 42.0 cm³/mol. The Morgan fingerprint density at radius 1 is 1.50 bits per heavy atom. The van der Waals surface area contributed by atoms with E-state index in [1.807, 2.05) is 0 Å². The molecule has 1 atom stereocenters. The molecule has 0 spiro atoms. The summed E-state index contributed by atoms with van der Waals surface area (Å²) in [7, 11) is -2.25. The van der Waals surface area contributed by atoms with Crippen molar-refractivity contribution in [1.29, 1.82) is 0 Å². The molecular formula is C6H12O5S. The van der Waals surface area contributed by atoms with Gasteiger partial charge >= 0.3 is 5.97 Å². The first-order chi connectivity index (χ1) is 5.35. The molecule has 0 bridgehead atoms. The third-order valence-electron chi connectivity index (χ3n) is 1.02. The number of hydrogen-bond donors (Lipinski definition) is 0. The van der Waals surface area contributed by atoms with Gasteiger partial charge in [-0.2, -0.15) is 8.42 Å². The molecule has 12 heavy (non-hydrogen) atoms. The number of carbonyl (C=O) groups is 1. The molecule has 0 saturated carbocycles. The summed E-state index contributed by atoms with van der Waals surface area (Å²) in [4.78, 5) is 10.6. The number of ether oxygens (including phenoxy) is 1. The molecule has 0 aliphatic heterocycles. The zero-order valence-corrected chi connectivity index (χ0v) is 8.05. The second-order valence-electron chi connectivity index (χ2n) is 2.39. The van der Waals surface area contributed by atoms with E-state index < -0.39 is 22.2 Å². The van der Waals surface area contributed by atoms with E-state index in [1.54, 1.807) is 0 Å². The topological polar surface area (TPSA) is 69.7 Å². The van der Waals surface area contributed by atoms with Crippen LogP contribution in [0.25, 0.3) is 0 Å². The highest BCUT2D eigenvalue weighted by Crippen LogP contribution is 2.02. The highest BCUT2D eigenvalue weighted by molar-refractivity contribution is 7.86. The number of esters is 1. The average Bonchev–Trinajstić information content (AvgIpc) is 1.82. The fraction of sp³-hybridized carbons (Fsp3) is 0.833. The summed E-state index contributed by atoms with van der Waals surface area (Å²) in [5, 5.41) is 0. The molecule has 0 N–H and O–H groups in total. The van der Waals surface area contributed by atoms with Crippen LogP contribution >= 0.6 is 0 Å². The summed E-state index contributed by atoms with van der Waals surface area (Å²) < 4.78 is 29.9. The normalized spacial score (nSPS) is 13.9. The van der Waals surface area contributed by atoms with Crippen LogP contribution in [0.5, 0.6) is 0 Å². The number of hydrogen-bond acceptors (Lipinski definition) is 5. The number of rotatable bonds is 4. The van der Waals surface area contributed by atoms with Gasteiger partial charge in [-0.05, 0) is 6.92 Å². The van der Waals surface area contributed by atoms with Crippen molar-refractivity contribution in [2.45, 2.75) is 19.4 Å². The zero-order chi connectivity index (χ0) is 9.78. The lowest BCUT2D eigenvalue weighted by Gasteiger charge is -2.08. The van der Waals surface area contributed by atoms with Crippen molar-refractivity contribution >= 4 is 16.1 Å². The van der Waals surface area contributed by atoms with Gasteiger partial charge < -0.3 is 4.74 Å². The minimum Gasteiger partial charge on any atom is -0.469 e. The molecule has 72 valence electrons. The minimum absolute atomic E-state index is 0.0659. The number of methoxy groups -OCH3 is 1. The molecule has 0 rings (SSSR count). The smallest absolute Gasteiger partial charge is 0.308 e. The fourth-order valence-corrected chi connectivity index (χ4v) is 1.32. The maximum atomic E-state index is 10.6. The van der Waals surface area contributed by atoms with Gasteiger partial charge in [-0.25, -0.2) is 0 Å². The van der Waals surface area contributed by atoms with Crippen LogP contribution < -0.4 is 0 Å². The van der Waals surface area contributed by atoms with Crippen LogP contribution in [0.4, 0.5) is 0 Å². The standard InChI is InChI=1S/C6H12O5S/c1-5(4-6(7)10-2)11-12(3,8)9/h5H,4H2,1-3H3/t5-/m0/s1. The molecule has 6 heteroatoms. The second-order valence-corrected chi connectivity index (χ2v) is 3.99. The van der Waals surface area contributed by atoms with Crippen molar-refractivity contribution in [3.05, 3.63) is 0 Å². The maximum absolute atomic E-state index is 10.6. The summed E-state index contributed by atoms with van der Waals surface area (Å²) in [6.45, 7) is 1.48. The molecule has 0 heterocycles. The van der Waals surface area contributed by atoms with Crippen molar-refractivity contribution < 1.29 is 22.1 Å². The molecule has 0 radical (unpaired) electrons. The van der Waals surface area contributed by atoms with Gasteiger partial charge in [-0.3, -0.25) is 8.98 Å². The molecule has 0 aromatic rings. The van der Waals surface area contributed by atoms with Crippen molar-refractivity contribution in [2.75, 3.05) is 13.4 Å². The van der Waals surface area contributed by atoms with Crippen molar-refractivity contribution in [3.63, 3.8) is 0 Å². The SMILES string of the molecule is COC(=O)C[C@H](C)OS(C)(=O)=O. The van der Waals surface area contributed by atoms with Gasteiger partial charge in [0.1, 0.15) is 0 Å². The van der Waals surface area contributed by atoms with Crippen molar-refractivity contribution in [1.82, 2.24) is 0 Å². The largest absolute Gasteiger partial charge is 0.469 e. The van der Waals surface area contributed by atoms with Gasteiger partial charge in [0.25, 0.3) is 10.1 Å². The Morgan fingerprint density at radius 3 is 2.33 bits per heavy atom. The van der Waals surface area contributed by atoms with Gasteiger partial charge in [-0.1, -0.05) is 0 Å². The van der Waals surface area contributed by atoms with E-state index in [9.17, 15) is 13.2 Å². The Labute approximate surface area is 71.8 Å². The Kier molecular flexibility index (Phi) is 4.19. The molecule has 0 fully saturated rings. The first-order valence-corrected chi connectivity index (χ1v) is 5.12. The molecular weight excluding hydrogens is 184 g/mol. The van der Waals surface area contributed by atoms with E-state index in [1.165, 1.54) is 14.0 Å². The summed E-state index contributed by atoms with van der Waals surface area (Å²) in [6, 6.07) is 0.